The molecule has 0 saturated heterocycles. The lowest BCUT2D eigenvalue weighted by Crippen LogP contribution is -2.45. The fourth-order valence-electron chi connectivity index (χ4n) is 1.16. The van der Waals surface area contributed by atoms with E-state index < -0.39 is 17.3 Å². The number of halogens is 1. The highest BCUT2D eigenvalue weighted by molar-refractivity contribution is 5.98. The standard InChI is InChI=1S/C12H14FN3O/c1-7-9(13)4-8(6-14)5-10(7)16-11(17)12(2,3)15/h4-5H,15H2,1-3H3,(H,16,17). The van der Waals surface area contributed by atoms with Gasteiger partial charge in [0.15, 0.2) is 0 Å². The van der Waals surface area contributed by atoms with Crippen molar-refractivity contribution in [1.29, 1.82) is 5.26 Å². The average molecular weight is 235 g/mol. The van der Waals surface area contributed by atoms with Gasteiger partial charge in [-0.2, -0.15) is 5.26 Å². The van der Waals surface area contributed by atoms with E-state index in [1.807, 2.05) is 6.07 Å². The monoisotopic (exact) mass is 235 g/mol. The summed E-state index contributed by atoms with van der Waals surface area (Å²) in [5.74, 6) is -0.968. The zero-order valence-corrected chi connectivity index (χ0v) is 9.97. The van der Waals surface area contributed by atoms with Crippen LogP contribution < -0.4 is 11.1 Å². The van der Waals surface area contributed by atoms with E-state index in [1.54, 1.807) is 13.8 Å². The number of hydrogen-bond acceptors (Lipinski definition) is 3. The number of nitrogens with zero attached hydrogens (tertiary/aromatic N) is 1. The molecule has 0 radical (unpaired) electrons. The molecule has 0 aliphatic heterocycles. The lowest BCUT2D eigenvalue weighted by atomic mass is 10.0. The first-order chi connectivity index (χ1) is 7.75. The van der Waals surface area contributed by atoms with E-state index >= 15 is 0 Å². The van der Waals surface area contributed by atoms with Gasteiger partial charge in [0.2, 0.25) is 5.91 Å². The number of rotatable bonds is 2. The minimum atomic E-state index is -1.06. The van der Waals surface area contributed by atoms with Crippen molar-refractivity contribution in [2.24, 2.45) is 5.73 Å². The number of carbonyl (C=O) groups is 1. The van der Waals surface area contributed by atoms with Crippen LogP contribution in [0.4, 0.5) is 10.1 Å². The lowest BCUT2D eigenvalue weighted by molar-refractivity contribution is -0.120. The third-order valence-corrected chi connectivity index (χ3v) is 2.31. The maximum atomic E-state index is 13.4. The van der Waals surface area contributed by atoms with Crippen molar-refractivity contribution >= 4 is 11.6 Å². The quantitative estimate of drug-likeness (QED) is 0.818. The summed E-state index contributed by atoms with van der Waals surface area (Å²) in [4.78, 5) is 11.7. The summed E-state index contributed by atoms with van der Waals surface area (Å²) < 4.78 is 13.4. The number of benzene rings is 1. The minimum Gasteiger partial charge on any atom is -0.324 e. The summed E-state index contributed by atoms with van der Waals surface area (Å²) in [5, 5.41) is 11.2. The third kappa shape index (κ3) is 3.02. The Balaban J connectivity index is 3.12. The molecule has 17 heavy (non-hydrogen) atoms. The first kappa shape index (κ1) is 13.1. The van der Waals surface area contributed by atoms with Crippen LogP contribution in [-0.2, 0) is 4.79 Å². The highest BCUT2D eigenvalue weighted by Crippen LogP contribution is 2.21. The zero-order valence-electron chi connectivity index (χ0n) is 9.97. The number of nitrogens with two attached hydrogens (primary N) is 1. The van der Waals surface area contributed by atoms with Crippen LogP contribution in [0.15, 0.2) is 12.1 Å². The molecule has 1 amide bonds. The molecule has 5 heteroatoms. The molecule has 3 N–H and O–H groups in total. The first-order valence-corrected chi connectivity index (χ1v) is 5.06. The van der Waals surface area contributed by atoms with Gasteiger partial charge in [0.05, 0.1) is 17.2 Å². The predicted molar refractivity (Wildman–Crippen MR) is 62.7 cm³/mol. The number of amides is 1. The Bertz CT molecular complexity index is 498. The molecule has 0 unspecified atom stereocenters. The molecule has 1 aromatic carbocycles. The highest BCUT2D eigenvalue weighted by atomic mass is 19.1. The topological polar surface area (TPSA) is 78.9 Å². The minimum absolute atomic E-state index is 0.151. The first-order valence-electron chi connectivity index (χ1n) is 5.06. The van der Waals surface area contributed by atoms with E-state index in [0.29, 0.717) is 0 Å². The Kier molecular flexibility index (Phi) is 3.49. The van der Waals surface area contributed by atoms with Crippen LogP contribution in [0, 0.1) is 24.1 Å². The fourth-order valence-corrected chi connectivity index (χ4v) is 1.16. The summed E-state index contributed by atoms with van der Waals surface area (Å²) in [7, 11) is 0. The molecule has 4 nitrogen and oxygen atoms in total. The van der Waals surface area contributed by atoms with Crippen LogP contribution in [0.25, 0.3) is 0 Å². The van der Waals surface area contributed by atoms with Gasteiger partial charge in [0.1, 0.15) is 5.82 Å². The maximum Gasteiger partial charge on any atom is 0.243 e. The normalized spacial score (nSPS) is 10.8. The lowest BCUT2D eigenvalue weighted by Gasteiger charge is -2.19. The van der Waals surface area contributed by atoms with E-state index in [9.17, 15) is 9.18 Å². The van der Waals surface area contributed by atoms with Crippen LogP contribution in [0.5, 0.6) is 0 Å². The summed E-state index contributed by atoms with van der Waals surface area (Å²) >= 11 is 0. The van der Waals surface area contributed by atoms with Gasteiger partial charge in [0.25, 0.3) is 0 Å². The molecule has 0 fully saturated rings. The Labute approximate surface area is 99.2 Å². The molecule has 90 valence electrons. The predicted octanol–water partition coefficient (Wildman–Crippen LogP) is 1.68. The van der Waals surface area contributed by atoms with Gasteiger partial charge < -0.3 is 11.1 Å². The molecule has 0 spiro atoms. The smallest absolute Gasteiger partial charge is 0.243 e. The van der Waals surface area contributed by atoms with Gasteiger partial charge in [-0.25, -0.2) is 4.39 Å². The summed E-state index contributed by atoms with van der Waals surface area (Å²) in [6.45, 7) is 4.61. The zero-order chi connectivity index (χ0) is 13.2. The highest BCUT2D eigenvalue weighted by Gasteiger charge is 2.22. The fraction of sp³-hybridized carbons (Fsp3) is 0.333. The maximum absolute atomic E-state index is 13.4. The summed E-state index contributed by atoms with van der Waals surface area (Å²) in [6.07, 6.45) is 0. The second kappa shape index (κ2) is 4.52. The molecule has 0 heterocycles. The van der Waals surface area contributed by atoms with Crippen molar-refractivity contribution in [3.63, 3.8) is 0 Å². The van der Waals surface area contributed by atoms with Gasteiger partial charge in [-0.1, -0.05) is 0 Å². The van der Waals surface area contributed by atoms with Crippen molar-refractivity contribution in [3.05, 3.63) is 29.1 Å². The number of hydrogen-bond donors (Lipinski definition) is 2. The van der Waals surface area contributed by atoms with Crippen LogP contribution >= 0.6 is 0 Å². The van der Waals surface area contributed by atoms with Gasteiger partial charge in [0, 0.05) is 11.3 Å². The van der Waals surface area contributed by atoms with E-state index in [1.165, 1.54) is 13.0 Å². The van der Waals surface area contributed by atoms with Gasteiger partial charge >= 0.3 is 0 Å². The third-order valence-electron chi connectivity index (χ3n) is 2.31. The van der Waals surface area contributed by atoms with Gasteiger partial charge in [-0.05, 0) is 32.9 Å². The van der Waals surface area contributed by atoms with Crippen molar-refractivity contribution in [2.75, 3.05) is 5.32 Å². The Morgan fingerprint density at radius 1 is 1.53 bits per heavy atom. The Hall–Kier alpha value is -1.93. The van der Waals surface area contributed by atoms with E-state index in [2.05, 4.69) is 5.32 Å². The van der Waals surface area contributed by atoms with Crippen LogP contribution in [0.2, 0.25) is 0 Å². The van der Waals surface area contributed by atoms with Crippen molar-refractivity contribution in [1.82, 2.24) is 0 Å². The molecule has 0 atom stereocenters. The van der Waals surface area contributed by atoms with Crippen LogP contribution in [-0.4, -0.2) is 11.4 Å². The molecule has 0 saturated carbocycles. The van der Waals surface area contributed by atoms with Crippen molar-refractivity contribution < 1.29 is 9.18 Å². The van der Waals surface area contributed by atoms with Gasteiger partial charge in [-0.15, -0.1) is 0 Å². The van der Waals surface area contributed by atoms with Crippen LogP contribution in [0.3, 0.4) is 0 Å². The molecular formula is C12H14FN3O. The molecule has 0 aromatic heterocycles. The van der Waals surface area contributed by atoms with Gasteiger partial charge in [-0.3, -0.25) is 4.79 Å². The molecule has 0 aliphatic rings. The second-order valence-corrected chi connectivity index (χ2v) is 4.42. The summed E-state index contributed by atoms with van der Waals surface area (Å²) in [5.41, 5.74) is 5.25. The molecular weight excluding hydrogens is 221 g/mol. The number of nitriles is 1. The molecule has 1 rings (SSSR count). The van der Waals surface area contributed by atoms with Crippen LogP contribution in [0.1, 0.15) is 25.0 Å². The number of anilines is 1. The SMILES string of the molecule is Cc1c(F)cc(C#N)cc1NC(=O)C(C)(C)N. The molecule has 0 aliphatic carbocycles. The Morgan fingerprint density at radius 3 is 2.59 bits per heavy atom. The van der Waals surface area contributed by atoms with Crippen molar-refractivity contribution in [2.45, 2.75) is 26.3 Å². The molecule has 1 aromatic rings. The van der Waals surface area contributed by atoms with Crippen molar-refractivity contribution in [3.8, 4) is 6.07 Å². The average Bonchev–Trinajstić information content (AvgIpc) is 2.22. The number of carbonyl (C=O) groups excluding carboxylic acids is 1. The second-order valence-electron chi connectivity index (χ2n) is 4.42. The Morgan fingerprint density at radius 2 is 2.12 bits per heavy atom. The number of nitrogens with one attached hydrogen (secondary N) is 1. The van der Waals surface area contributed by atoms with E-state index in [0.717, 1.165) is 6.07 Å². The summed E-state index contributed by atoms with van der Waals surface area (Å²) in [6, 6.07) is 4.37. The van der Waals surface area contributed by atoms with E-state index in [4.69, 9.17) is 11.0 Å². The largest absolute Gasteiger partial charge is 0.324 e. The molecule has 0 bridgehead atoms. The van der Waals surface area contributed by atoms with E-state index in [-0.39, 0.29) is 16.8 Å².